The lowest BCUT2D eigenvalue weighted by atomic mass is 9.88. The number of benzene rings is 1. The molecule has 0 amide bonds. The van der Waals surface area contributed by atoms with Gasteiger partial charge in [-0.3, -0.25) is 0 Å². The largest absolute Gasteiger partial charge is 0.245 e. The minimum Gasteiger partial charge on any atom is -0.245 e. The number of rotatable bonds is 3. The molecule has 1 unspecified atom stereocenters. The van der Waals surface area contributed by atoms with Crippen molar-refractivity contribution in [3.8, 4) is 0 Å². The van der Waals surface area contributed by atoms with Gasteiger partial charge in [0, 0.05) is 0 Å². The highest BCUT2D eigenvalue weighted by Gasteiger charge is 2.14. The highest BCUT2D eigenvalue weighted by molar-refractivity contribution is 7.16. The Labute approximate surface area is 102 Å². The molecule has 0 saturated heterocycles. The van der Waals surface area contributed by atoms with Gasteiger partial charge >= 0.3 is 0 Å². The Balaban J connectivity index is 2.62. The topological polar surface area (TPSA) is 12.9 Å². The molecule has 0 radical (unpaired) electrons. The van der Waals surface area contributed by atoms with Crippen LogP contribution in [0.2, 0.25) is 0 Å². The number of nitrogens with zero attached hydrogens (tertiary/aromatic N) is 1. The first-order valence-corrected chi connectivity index (χ1v) is 6.88. The molecule has 0 aliphatic carbocycles. The van der Waals surface area contributed by atoms with Crippen molar-refractivity contribution in [3.63, 3.8) is 0 Å². The Morgan fingerprint density at radius 2 is 1.94 bits per heavy atom. The first kappa shape index (κ1) is 11.6. The molecule has 1 aromatic carbocycles. The average molecular weight is 233 g/mol. The lowest BCUT2D eigenvalue weighted by Crippen LogP contribution is -2.00. The molecule has 1 atom stereocenters. The summed E-state index contributed by atoms with van der Waals surface area (Å²) in [7, 11) is 0. The minimum absolute atomic E-state index is 0.579. The molecule has 1 nitrogen and oxygen atoms in total. The molecule has 0 fully saturated rings. The number of thiazole rings is 1. The van der Waals surface area contributed by atoms with Crippen LogP contribution in [0.15, 0.2) is 17.6 Å². The maximum atomic E-state index is 4.41. The fraction of sp³-hybridized carbons (Fsp3) is 0.500. The van der Waals surface area contributed by atoms with Gasteiger partial charge in [0.15, 0.2) is 0 Å². The van der Waals surface area contributed by atoms with E-state index in [-0.39, 0.29) is 0 Å². The minimum atomic E-state index is 0.579. The second kappa shape index (κ2) is 4.54. The molecule has 0 aliphatic rings. The summed E-state index contributed by atoms with van der Waals surface area (Å²) in [6, 6.07) is 4.62. The monoisotopic (exact) mass is 233 g/mol. The fourth-order valence-corrected chi connectivity index (χ4v) is 2.79. The summed E-state index contributed by atoms with van der Waals surface area (Å²) in [5.41, 5.74) is 6.07. The second-order valence-corrected chi connectivity index (χ2v) is 5.65. The molecule has 16 heavy (non-hydrogen) atoms. The predicted octanol–water partition coefficient (Wildman–Crippen LogP) is 4.93. The van der Waals surface area contributed by atoms with Gasteiger partial charge in [-0.1, -0.05) is 27.7 Å². The third-order valence-electron chi connectivity index (χ3n) is 3.30. The van der Waals surface area contributed by atoms with Crippen LogP contribution in [0.5, 0.6) is 0 Å². The standard InChI is InChI=1S/C14H19NS/c1-5-10(4)12-7-14-13(15-8-16-14)6-11(12)9(2)3/h6-10H,5H2,1-4H3. The van der Waals surface area contributed by atoms with Crippen molar-refractivity contribution in [2.24, 2.45) is 0 Å². The third kappa shape index (κ3) is 1.99. The van der Waals surface area contributed by atoms with Gasteiger partial charge in [-0.05, 0) is 41.5 Å². The van der Waals surface area contributed by atoms with Gasteiger partial charge in [0.25, 0.3) is 0 Å². The van der Waals surface area contributed by atoms with E-state index in [4.69, 9.17) is 0 Å². The van der Waals surface area contributed by atoms with Crippen LogP contribution in [0.4, 0.5) is 0 Å². The van der Waals surface area contributed by atoms with Crippen molar-refractivity contribution >= 4 is 21.6 Å². The van der Waals surface area contributed by atoms with Crippen LogP contribution < -0.4 is 0 Å². The molecule has 1 aromatic heterocycles. The molecule has 86 valence electrons. The molecule has 0 saturated carbocycles. The van der Waals surface area contributed by atoms with Crippen molar-refractivity contribution in [1.29, 1.82) is 0 Å². The van der Waals surface area contributed by atoms with Crippen LogP contribution in [0.25, 0.3) is 10.2 Å². The molecule has 1 heterocycles. The summed E-state index contributed by atoms with van der Waals surface area (Å²) in [5.74, 6) is 1.22. The predicted molar refractivity (Wildman–Crippen MR) is 72.4 cm³/mol. The normalized spacial score (nSPS) is 13.6. The zero-order valence-electron chi connectivity index (χ0n) is 10.4. The Morgan fingerprint density at radius 1 is 1.19 bits per heavy atom. The maximum Gasteiger partial charge on any atom is 0.0815 e. The zero-order valence-corrected chi connectivity index (χ0v) is 11.3. The Morgan fingerprint density at radius 3 is 2.56 bits per heavy atom. The van der Waals surface area contributed by atoms with Crippen LogP contribution >= 0.6 is 11.3 Å². The van der Waals surface area contributed by atoms with E-state index >= 15 is 0 Å². The average Bonchev–Trinajstić information content (AvgIpc) is 2.73. The van der Waals surface area contributed by atoms with Gasteiger partial charge < -0.3 is 0 Å². The summed E-state index contributed by atoms with van der Waals surface area (Å²) in [6.45, 7) is 9.10. The quantitative estimate of drug-likeness (QED) is 0.732. The van der Waals surface area contributed by atoms with Crippen LogP contribution in [-0.2, 0) is 0 Å². The summed E-state index contributed by atoms with van der Waals surface area (Å²) in [5, 5.41) is 0. The lowest BCUT2D eigenvalue weighted by Gasteiger charge is -2.17. The molecule has 0 aliphatic heterocycles. The Hall–Kier alpha value is -0.890. The molecule has 0 spiro atoms. The zero-order chi connectivity index (χ0) is 11.7. The molecular weight excluding hydrogens is 214 g/mol. The summed E-state index contributed by atoms with van der Waals surface area (Å²) in [6.07, 6.45) is 1.20. The van der Waals surface area contributed by atoms with Gasteiger partial charge in [0.05, 0.1) is 15.7 Å². The molecular formula is C14H19NS. The van der Waals surface area contributed by atoms with E-state index in [1.54, 1.807) is 11.3 Å². The van der Waals surface area contributed by atoms with E-state index in [1.165, 1.54) is 22.2 Å². The van der Waals surface area contributed by atoms with Gasteiger partial charge in [0.1, 0.15) is 0 Å². The first-order valence-electron chi connectivity index (χ1n) is 6.00. The maximum absolute atomic E-state index is 4.41. The lowest BCUT2D eigenvalue weighted by molar-refractivity contribution is 0.709. The van der Waals surface area contributed by atoms with Crippen LogP contribution in [0.3, 0.4) is 0 Å². The van der Waals surface area contributed by atoms with E-state index in [0.29, 0.717) is 11.8 Å². The number of hydrogen-bond donors (Lipinski definition) is 0. The SMILES string of the molecule is CCC(C)c1cc2scnc2cc1C(C)C. The summed E-state index contributed by atoms with van der Waals surface area (Å²) in [4.78, 5) is 4.41. The second-order valence-electron chi connectivity index (χ2n) is 4.77. The molecule has 0 N–H and O–H groups in total. The Bertz CT molecular complexity index is 484. The van der Waals surface area contributed by atoms with Crippen LogP contribution in [0.1, 0.15) is 57.1 Å². The molecule has 2 rings (SSSR count). The molecule has 2 heteroatoms. The van der Waals surface area contributed by atoms with Crippen molar-refractivity contribution in [3.05, 3.63) is 28.8 Å². The fourth-order valence-electron chi connectivity index (χ4n) is 2.08. The van der Waals surface area contributed by atoms with Gasteiger partial charge in [-0.2, -0.15) is 0 Å². The number of fused-ring (bicyclic) bond motifs is 1. The molecule has 2 aromatic rings. The van der Waals surface area contributed by atoms with Crippen molar-refractivity contribution in [1.82, 2.24) is 4.98 Å². The van der Waals surface area contributed by atoms with E-state index in [0.717, 1.165) is 5.52 Å². The van der Waals surface area contributed by atoms with E-state index in [2.05, 4.69) is 44.8 Å². The van der Waals surface area contributed by atoms with E-state index in [1.807, 2.05) is 5.51 Å². The van der Waals surface area contributed by atoms with Crippen molar-refractivity contribution in [2.75, 3.05) is 0 Å². The van der Waals surface area contributed by atoms with E-state index < -0.39 is 0 Å². The number of hydrogen-bond acceptors (Lipinski definition) is 2. The van der Waals surface area contributed by atoms with Crippen LogP contribution in [-0.4, -0.2) is 4.98 Å². The third-order valence-corrected chi connectivity index (χ3v) is 4.09. The van der Waals surface area contributed by atoms with Gasteiger partial charge in [-0.25, -0.2) is 4.98 Å². The van der Waals surface area contributed by atoms with Crippen molar-refractivity contribution in [2.45, 2.75) is 46.0 Å². The van der Waals surface area contributed by atoms with Crippen LogP contribution in [0, 0.1) is 0 Å². The number of aromatic nitrogens is 1. The van der Waals surface area contributed by atoms with E-state index in [9.17, 15) is 0 Å². The highest BCUT2D eigenvalue weighted by atomic mass is 32.1. The summed E-state index contributed by atoms with van der Waals surface area (Å²) < 4.78 is 1.32. The van der Waals surface area contributed by atoms with Gasteiger partial charge in [0.2, 0.25) is 0 Å². The smallest absolute Gasteiger partial charge is 0.0815 e. The molecule has 0 bridgehead atoms. The van der Waals surface area contributed by atoms with Gasteiger partial charge in [-0.15, -0.1) is 11.3 Å². The first-order chi connectivity index (χ1) is 7.63. The highest BCUT2D eigenvalue weighted by Crippen LogP contribution is 2.32. The summed E-state index contributed by atoms with van der Waals surface area (Å²) >= 11 is 1.74. The van der Waals surface area contributed by atoms with Crippen molar-refractivity contribution < 1.29 is 0 Å². The Kier molecular flexibility index (Phi) is 3.29.